The molecule has 0 radical (unpaired) electrons. The van der Waals surface area contributed by atoms with Gasteiger partial charge in [-0.2, -0.15) is 5.26 Å². The number of methoxy groups -OCH3 is 1. The monoisotopic (exact) mass is 645 g/mol. The van der Waals surface area contributed by atoms with Crippen molar-refractivity contribution in [2.45, 2.75) is 16.7 Å². The summed E-state index contributed by atoms with van der Waals surface area (Å²) in [5.74, 6) is -1.59. The van der Waals surface area contributed by atoms with Gasteiger partial charge in [0.2, 0.25) is 17.6 Å². The van der Waals surface area contributed by atoms with Gasteiger partial charge in [-0.15, -0.1) is 0 Å². The number of anilines is 1. The number of pyridine rings is 1. The third kappa shape index (κ3) is 6.45. The van der Waals surface area contributed by atoms with Crippen LogP contribution in [0, 0.1) is 11.3 Å². The Morgan fingerprint density at radius 1 is 1.05 bits per heavy atom. The number of nitriles is 1. The lowest BCUT2D eigenvalue weighted by Gasteiger charge is -2.16. The second kappa shape index (κ2) is 13.3. The van der Waals surface area contributed by atoms with Crippen LogP contribution in [0.4, 0.5) is 5.69 Å². The minimum Gasteiger partial charge on any atom is -0.496 e. The molecule has 5 rings (SSSR count). The van der Waals surface area contributed by atoms with E-state index in [0.717, 1.165) is 16.7 Å². The standard InChI is InChI=1S/C32H21Cl2N3O6S/c1-42-27-5-3-2-4-23(27)25-13-8-19(16-35)30(36-25)44-28-15-29(39)37(31(28)40)21-10-6-18(7-11-21)32(41)43-17-26(38)22-12-9-20(33)14-24(22)34/h2-14,28H,15,17H2,1H3. The van der Waals surface area contributed by atoms with Crippen molar-refractivity contribution in [3.63, 3.8) is 0 Å². The molecule has 1 aromatic heterocycles. The molecule has 9 nitrogen and oxygen atoms in total. The number of hydrogen-bond donors (Lipinski definition) is 0. The van der Waals surface area contributed by atoms with Crippen LogP contribution in [0.3, 0.4) is 0 Å². The van der Waals surface area contributed by atoms with E-state index in [4.69, 9.17) is 32.7 Å². The van der Waals surface area contributed by atoms with Gasteiger partial charge in [0.25, 0.3) is 0 Å². The Hall–Kier alpha value is -4.69. The third-order valence-electron chi connectivity index (χ3n) is 6.65. The largest absolute Gasteiger partial charge is 0.496 e. The summed E-state index contributed by atoms with van der Waals surface area (Å²) in [4.78, 5) is 56.9. The van der Waals surface area contributed by atoms with Crippen molar-refractivity contribution in [1.82, 2.24) is 4.98 Å². The fraction of sp³-hybridized carbons (Fsp3) is 0.125. The van der Waals surface area contributed by atoms with Gasteiger partial charge < -0.3 is 9.47 Å². The van der Waals surface area contributed by atoms with Crippen LogP contribution in [0.25, 0.3) is 11.3 Å². The van der Waals surface area contributed by atoms with Gasteiger partial charge in [-0.05, 0) is 66.7 Å². The first-order chi connectivity index (χ1) is 21.2. The first-order valence-corrected chi connectivity index (χ1v) is 14.7. The van der Waals surface area contributed by atoms with E-state index in [-0.39, 0.29) is 33.8 Å². The third-order valence-corrected chi connectivity index (χ3v) is 8.38. The zero-order valence-electron chi connectivity index (χ0n) is 23.0. The molecule has 4 aromatic rings. The Morgan fingerprint density at radius 2 is 1.80 bits per heavy atom. The lowest BCUT2D eigenvalue weighted by molar-refractivity contribution is -0.121. The quantitative estimate of drug-likeness (QED) is 0.115. The number of hydrogen-bond acceptors (Lipinski definition) is 9. The van der Waals surface area contributed by atoms with Crippen LogP contribution in [0.2, 0.25) is 10.0 Å². The Labute approximate surface area is 266 Å². The van der Waals surface area contributed by atoms with Gasteiger partial charge in [-0.1, -0.05) is 47.1 Å². The number of thioether (sulfide) groups is 1. The van der Waals surface area contributed by atoms with Gasteiger partial charge in [0.05, 0.1) is 39.9 Å². The van der Waals surface area contributed by atoms with Gasteiger partial charge in [-0.3, -0.25) is 14.4 Å². The molecule has 0 spiro atoms. The first-order valence-electron chi connectivity index (χ1n) is 13.0. The molecule has 2 amide bonds. The molecule has 0 bridgehead atoms. The number of para-hydroxylation sites is 1. The molecule has 0 N–H and O–H groups in total. The summed E-state index contributed by atoms with van der Waals surface area (Å²) in [6, 6.07) is 22.7. The number of esters is 1. The van der Waals surface area contributed by atoms with Crippen LogP contribution in [0.15, 0.2) is 83.9 Å². The van der Waals surface area contributed by atoms with Crippen molar-refractivity contribution in [3.8, 4) is 23.1 Å². The molecule has 1 fully saturated rings. The van der Waals surface area contributed by atoms with E-state index in [1.165, 1.54) is 42.5 Å². The highest BCUT2D eigenvalue weighted by Gasteiger charge is 2.41. The smallest absolute Gasteiger partial charge is 0.338 e. The highest BCUT2D eigenvalue weighted by Crippen LogP contribution is 2.37. The predicted octanol–water partition coefficient (Wildman–Crippen LogP) is 6.40. The van der Waals surface area contributed by atoms with Gasteiger partial charge in [0, 0.05) is 22.6 Å². The van der Waals surface area contributed by atoms with E-state index < -0.39 is 35.4 Å². The maximum Gasteiger partial charge on any atom is 0.338 e. The van der Waals surface area contributed by atoms with Crippen molar-refractivity contribution >= 4 is 64.2 Å². The molecule has 1 aliphatic rings. The molecule has 1 atom stereocenters. The maximum atomic E-state index is 13.4. The van der Waals surface area contributed by atoms with Crippen LogP contribution < -0.4 is 9.64 Å². The molecule has 1 saturated heterocycles. The number of ketones is 1. The molecule has 12 heteroatoms. The van der Waals surface area contributed by atoms with E-state index >= 15 is 0 Å². The number of benzene rings is 3. The Kier molecular flexibility index (Phi) is 9.30. The number of amides is 2. The number of carbonyl (C=O) groups excluding carboxylic acids is 4. The summed E-state index contributed by atoms with van der Waals surface area (Å²) >= 11 is 12.9. The molecule has 44 heavy (non-hydrogen) atoms. The number of halogens is 2. The average Bonchev–Trinajstić information content (AvgIpc) is 3.31. The molecule has 3 aromatic carbocycles. The lowest BCUT2D eigenvalue weighted by atomic mass is 10.1. The minimum absolute atomic E-state index is 0.103. The van der Waals surface area contributed by atoms with E-state index in [0.29, 0.717) is 27.1 Å². The number of nitrogens with zero attached hydrogens (tertiary/aromatic N) is 3. The zero-order valence-corrected chi connectivity index (χ0v) is 25.3. The van der Waals surface area contributed by atoms with Gasteiger partial charge >= 0.3 is 5.97 Å². The summed E-state index contributed by atoms with van der Waals surface area (Å²) < 4.78 is 10.6. The average molecular weight is 647 g/mol. The summed E-state index contributed by atoms with van der Waals surface area (Å²) in [6.45, 7) is -0.541. The first kappa shape index (κ1) is 30.8. The van der Waals surface area contributed by atoms with Crippen LogP contribution in [-0.2, 0) is 14.3 Å². The normalized spacial score (nSPS) is 14.3. The Bertz CT molecular complexity index is 1840. The maximum absolute atomic E-state index is 13.4. The minimum atomic E-state index is -0.814. The van der Waals surface area contributed by atoms with Crippen molar-refractivity contribution in [2.24, 2.45) is 0 Å². The van der Waals surface area contributed by atoms with Gasteiger partial charge in [0.1, 0.15) is 16.8 Å². The molecule has 1 aliphatic heterocycles. The van der Waals surface area contributed by atoms with Crippen LogP contribution in [0.1, 0.15) is 32.7 Å². The fourth-order valence-electron chi connectivity index (χ4n) is 4.48. The topological polar surface area (TPSA) is 127 Å². The Morgan fingerprint density at radius 3 is 2.50 bits per heavy atom. The van der Waals surface area contributed by atoms with Crippen LogP contribution >= 0.6 is 35.0 Å². The number of carbonyl (C=O) groups is 4. The van der Waals surface area contributed by atoms with Crippen molar-refractivity contribution in [1.29, 1.82) is 5.26 Å². The highest BCUT2D eigenvalue weighted by molar-refractivity contribution is 8.00. The van der Waals surface area contributed by atoms with E-state index in [9.17, 15) is 24.4 Å². The predicted molar refractivity (Wildman–Crippen MR) is 165 cm³/mol. The second-order valence-electron chi connectivity index (χ2n) is 9.41. The number of rotatable bonds is 9. The molecule has 220 valence electrons. The highest BCUT2D eigenvalue weighted by atomic mass is 35.5. The summed E-state index contributed by atoms with van der Waals surface area (Å²) in [5, 5.41) is 9.67. The molecular weight excluding hydrogens is 625 g/mol. The van der Waals surface area contributed by atoms with E-state index in [1.54, 1.807) is 25.3 Å². The molecule has 1 unspecified atom stereocenters. The SMILES string of the molecule is COc1ccccc1-c1ccc(C#N)c(SC2CC(=O)N(c3ccc(C(=O)OCC(=O)c4ccc(Cl)cc4Cl)cc3)C2=O)n1. The molecule has 2 heterocycles. The second-order valence-corrected chi connectivity index (χ2v) is 11.4. The number of ether oxygens (including phenoxy) is 2. The zero-order chi connectivity index (χ0) is 31.4. The van der Waals surface area contributed by atoms with Crippen molar-refractivity contribution < 1.29 is 28.7 Å². The summed E-state index contributed by atoms with van der Waals surface area (Å²) in [5.41, 5.74) is 2.09. The van der Waals surface area contributed by atoms with Crippen LogP contribution in [-0.4, -0.2) is 47.5 Å². The summed E-state index contributed by atoms with van der Waals surface area (Å²) in [7, 11) is 1.55. The van der Waals surface area contributed by atoms with E-state index in [2.05, 4.69) is 11.1 Å². The van der Waals surface area contributed by atoms with Gasteiger partial charge in [-0.25, -0.2) is 14.7 Å². The van der Waals surface area contributed by atoms with Crippen molar-refractivity contribution in [3.05, 3.63) is 106 Å². The number of imide groups is 1. The molecular formula is C32H21Cl2N3O6S. The molecule has 0 saturated carbocycles. The van der Waals surface area contributed by atoms with E-state index in [1.807, 2.05) is 18.2 Å². The number of aromatic nitrogens is 1. The fourth-order valence-corrected chi connectivity index (χ4v) is 6.09. The summed E-state index contributed by atoms with van der Waals surface area (Å²) in [6.07, 6.45) is -0.103. The van der Waals surface area contributed by atoms with Crippen molar-refractivity contribution in [2.75, 3.05) is 18.6 Å². The lowest BCUT2D eigenvalue weighted by Crippen LogP contribution is -2.31. The van der Waals surface area contributed by atoms with Gasteiger partial charge in [0.15, 0.2) is 6.61 Å². The molecule has 0 aliphatic carbocycles. The van der Waals surface area contributed by atoms with Crippen LogP contribution in [0.5, 0.6) is 5.75 Å². The Balaban J connectivity index is 1.27. The number of Topliss-reactive ketones (excluding diaryl/α,β-unsaturated/α-hetero) is 1.